The maximum Gasteiger partial charge on any atom is 0.0485 e. The Morgan fingerprint density at radius 2 is 1.76 bits per heavy atom. The standard InChI is InChI=1S/C14H21ClN2/c15-13-8-4-3-7-12(13)14(11-16)17-9-5-1-2-6-10-17/h3-4,7-8,14H,1-2,5-6,9-11,16H2. The minimum absolute atomic E-state index is 0.279. The summed E-state index contributed by atoms with van der Waals surface area (Å²) in [6.07, 6.45) is 5.24. The molecule has 2 rings (SSSR count). The maximum atomic E-state index is 6.28. The lowest BCUT2D eigenvalue weighted by molar-refractivity contribution is 0.210. The summed E-state index contributed by atoms with van der Waals surface area (Å²) in [4.78, 5) is 2.49. The van der Waals surface area contributed by atoms with Crippen molar-refractivity contribution in [2.24, 2.45) is 5.73 Å². The van der Waals surface area contributed by atoms with Gasteiger partial charge >= 0.3 is 0 Å². The van der Waals surface area contributed by atoms with E-state index in [1.54, 1.807) is 0 Å². The Hall–Kier alpha value is -0.570. The molecule has 0 radical (unpaired) electrons. The van der Waals surface area contributed by atoms with Gasteiger partial charge in [-0.2, -0.15) is 0 Å². The topological polar surface area (TPSA) is 29.3 Å². The molecule has 17 heavy (non-hydrogen) atoms. The monoisotopic (exact) mass is 252 g/mol. The molecule has 1 saturated heterocycles. The third-order valence-corrected chi connectivity index (χ3v) is 3.91. The molecule has 1 aromatic rings. The third kappa shape index (κ3) is 3.21. The van der Waals surface area contributed by atoms with Gasteiger partial charge in [-0.25, -0.2) is 0 Å². The van der Waals surface area contributed by atoms with Gasteiger partial charge in [0.25, 0.3) is 0 Å². The molecule has 0 amide bonds. The van der Waals surface area contributed by atoms with Gasteiger partial charge in [0.2, 0.25) is 0 Å². The molecule has 0 bridgehead atoms. The van der Waals surface area contributed by atoms with Crippen LogP contribution in [-0.2, 0) is 0 Å². The maximum absolute atomic E-state index is 6.28. The van der Waals surface area contributed by atoms with Crippen LogP contribution in [0, 0.1) is 0 Å². The Kier molecular flexibility index (Phi) is 4.84. The average molecular weight is 253 g/mol. The molecule has 0 spiro atoms. The fourth-order valence-corrected chi connectivity index (χ4v) is 2.89. The van der Waals surface area contributed by atoms with E-state index in [0.717, 1.165) is 18.1 Å². The average Bonchev–Trinajstić information content (AvgIpc) is 2.62. The zero-order chi connectivity index (χ0) is 12.1. The number of nitrogens with two attached hydrogens (primary N) is 1. The van der Waals surface area contributed by atoms with Gasteiger partial charge in [0.05, 0.1) is 0 Å². The second kappa shape index (κ2) is 6.39. The summed E-state index contributed by atoms with van der Waals surface area (Å²) in [5.41, 5.74) is 7.13. The van der Waals surface area contributed by atoms with E-state index in [1.807, 2.05) is 18.2 Å². The quantitative estimate of drug-likeness (QED) is 0.895. The molecule has 1 aliphatic rings. The van der Waals surface area contributed by atoms with Crippen molar-refractivity contribution in [3.8, 4) is 0 Å². The van der Waals surface area contributed by atoms with Gasteiger partial charge in [-0.3, -0.25) is 4.90 Å². The van der Waals surface area contributed by atoms with E-state index in [9.17, 15) is 0 Å². The zero-order valence-electron chi connectivity index (χ0n) is 10.2. The summed E-state index contributed by atoms with van der Waals surface area (Å²) in [6.45, 7) is 2.93. The molecular weight excluding hydrogens is 232 g/mol. The van der Waals surface area contributed by atoms with E-state index < -0.39 is 0 Å². The van der Waals surface area contributed by atoms with Crippen molar-refractivity contribution in [1.29, 1.82) is 0 Å². The summed E-state index contributed by atoms with van der Waals surface area (Å²) < 4.78 is 0. The van der Waals surface area contributed by atoms with Crippen molar-refractivity contribution >= 4 is 11.6 Å². The minimum Gasteiger partial charge on any atom is -0.329 e. The first-order valence-electron chi connectivity index (χ1n) is 6.51. The van der Waals surface area contributed by atoms with Gasteiger partial charge in [0, 0.05) is 17.6 Å². The fourth-order valence-electron chi connectivity index (χ4n) is 2.62. The summed E-state index contributed by atoms with van der Waals surface area (Å²) in [5, 5.41) is 0.840. The van der Waals surface area contributed by atoms with Crippen molar-refractivity contribution in [3.05, 3.63) is 34.9 Å². The number of benzene rings is 1. The second-order valence-corrected chi connectivity index (χ2v) is 5.13. The SMILES string of the molecule is NCC(c1ccccc1Cl)N1CCCCCC1. The number of nitrogens with zero attached hydrogens (tertiary/aromatic N) is 1. The van der Waals surface area contributed by atoms with E-state index >= 15 is 0 Å². The number of hydrogen-bond donors (Lipinski definition) is 1. The molecule has 1 aliphatic heterocycles. The first-order chi connectivity index (χ1) is 8.33. The second-order valence-electron chi connectivity index (χ2n) is 4.72. The van der Waals surface area contributed by atoms with Crippen molar-refractivity contribution < 1.29 is 0 Å². The summed E-state index contributed by atoms with van der Waals surface area (Å²) in [5.74, 6) is 0. The van der Waals surface area contributed by atoms with Crippen LogP contribution < -0.4 is 5.73 Å². The van der Waals surface area contributed by atoms with Crippen LogP contribution in [0.15, 0.2) is 24.3 Å². The molecule has 1 unspecified atom stereocenters. The first-order valence-corrected chi connectivity index (χ1v) is 6.89. The van der Waals surface area contributed by atoms with Crippen molar-refractivity contribution in [3.63, 3.8) is 0 Å². The fraction of sp³-hybridized carbons (Fsp3) is 0.571. The van der Waals surface area contributed by atoms with Crippen LogP contribution in [0.1, 0.15) is 37.3 Å². The minimum atomic E-state index is 0.279. The van der Waals surface area contributed by atoms with Crippen LogP contribution in [-0.4, -0.2) is 24.5 Å². The third-order valence-electron chi connectivity index (χ3n) is 3.57. The van der Waals surface area contributed by atoms with Crippen LogP contribution in [0.25, 0.3) is 0 Å². The van der Waals surface area contributed by atoms with E-state index in [-0.39, 0.29) is 6.04 Å². The predicted octanol–water partition coefficient (Wildman–Crippen LogP) is 3.22. The van der Waals surface area contributed by atoms with Gasteiger partial charge in [-0.15, -0.1) is 0 Å². The Balaban J connectivity index is 2.17. The molecule has 0 aromatic heterocycles. The van der Waals surface area contributed by atoms with Crippen LogP contribution in [0.2, 0.25) is 5.02 Å². The van der Waals surface area contributed by atoms with E-state index in [2.05, 4.69) is 11.0 Å². The summed E-state index contributed by atoms with van der Waals surface area (Å²) >= 11 is 6.28. The van der Waals surface area contributed by atoms with Gasteiger partial charge in [-0.1, -0.05) is 42.6 Å². The Morgan fingerprint density at radius 1 is 1.12 bits per heavy atom. The highest BCUT2D eigenvalue weighted by Gasteiger charge is 2.21. The van der Waals surface area contributed by atoms with Crippen LogP contribution in [0.5, 0.6) is 0 Å². The normalized spacial score (nSPS) is 19.9. The molecular formula is C14H21ClN2. The largest absolute Gasteiger partial charge is 0.329 e. The number of rotatable bonds is 3. The molecule has 3 heteroatoms. The molecule has 2 N–H and O–H groups in total. The molecule has 1 heterocycles. The van der Waals surface area contributed by atoms with E-state index in [0.29, 0.717) is 6.54 Å². The number of halogens is 1. The zero-order valence-corrected chi connectivity index (χ0v) is 11.0. The highest BCUT2D eigenvalue weighted by Crippen LogP contribution is 2.28. The van der Waals surface area contributed by atoms with Crippen LogP contribution in [0.3, 0.4) is 0 Å². The molecule has 2 nitrogen and oxygen atoms in total. The highest BCUT2D eigenvalue weighted by atomic mass is 35.5. The molecule has 0 aliphatic carbocycles. The predicted molar refractivity (Wildman–Crippen MR) is 73.3 cm³/mol. The lowest BCUT2D eigenvalue weighted by Gasteiger charge is -2.30. The number of likely N-dealkylation sites (tertiary alicyclic amines) is 1. The van der Waals surface area contributed by atoms with Crippen LogP contribution in [0.4, 0.5) is 0 Å². The number of hydrogen-bond acceptors (Lipinski definition) is 2. The lowest BCUT2D eigenvalue weighted by Crippen LogP contribution is -2.34. The molecule has 0 saturated carbocycles. The van der Waals surface area contributed by atoms with E-state index in [1.165, 1.54) is 31.2 Å². The lowest BCUT2D eigenvalue weighted by atomic mass is 10.0. The molecule has 1 aromatic carbocycles. The Bertz CT molecular complexity index is 346. The molecule has 1 fully saturated rings. The van der Waals surface area contributed by atoms with Crippen molar-refractivity contribution in [1.82, 2.24) is 4.90 Å². The van der Waals surface area contributed by atoms with Crippen LogP contribution >= 0.6 is 11.6 Å². The Labute approximate surface area is 109 Å². The van der Waals surface area contributed by atoms with Gasteiger partial charge in [-0.05, 0) is 37.6 Å². The molecule has 1 atom stereocenters. The smallest absolute Gasteiger partial charge is 0.0485 e. The van der Waals surface area contributed by atoms with Crippen molar-refractivity contribution in [2.75, 3.05) is 19.6 Å². The van der Waals surface area contributed by atoms with Gasteiger partial charge < -0.3 is 5.73 Å². The first kappa shape index (κ1) is 12.9. The Morgan fingerprint density at radius 3 is 2.35 bits per heavy atom. The van der Waals surface area contributed by atoms with E-state index in [4.69, 9.17) is 17.3 Å². The molecule has 94 valence electrons. The van der Waals surface area contributed by atoms with Gasteiger partial charge in [0.1, 0.15) is 0 Å². The van der Waals surface area contributed by atoms with Crippen molar-refractivity contribution in [2.45, 2.75) is 31.7 Å². The highest BCUT2D eigenvalue weighted by molar-refractivity contribution is 6.31. The van der Waals surface area contributed by atoms with Gasteiger partial charge in [0.15, 0.2) is 0 Å². The summed E-state index contributed by atoms with van der Waals surface area (Å²) in [7, 11) is 0. The summed E-state index contributed by atoms with van der Waals surface area (Å²) in [6, 6.07) is 8.35.